The van der Waals surface area contributed by atoms with Crippen molar-refractivity contribution in [2.24, 2.45) is 7.05 Å². The Morgan fingerprint density at radius 1 is 1.14 bits per heavy atom. The Balaban J connectivity index is 1.75. The molecule has 0 saturated heterocycles. The van der Waals surface area contributed by atoms with Gasteiger partial charge in [0.1, 0.15) is 11.9 Å². The number of nitrogens with one attached hydrogen (secondary N) is 1. The number of ether oxygens (including phenoxy) is 1. The van der Waals surface area contributed by atoms with Crippen molar-refractivity contribution in [3.63, 3.8) is 0 Å². The largest absolute Gasteiger partial charge is 0.472 e. The third-order valence-electron chi connectivity index (χ3n) is 4.22. The number of benzene rings is 2. The number of hydrogen-bond donors (Lipinski definition) is 2. The van der Waals surface area contributed by atoms with Crippen molar-refractivity contribution in [3.05, 3.63) is 71.9 Å². The van der Waals surface area contributed by atoms with Crippen molar-refractivity contribution in [2.45, 2.75) is 13.0 Å². The normalized spacial score (nSPS) is 11.1. The zero-order chi connectivity index (χ0) is 20.8. The van der Waals surface area contributed by atoms with Crippen molar-refractivity contribution in [1.29, 1.82) is 0 Å². The first-order chi connectivity index (χ1) is 13.9. The first kappa shape index (κ1) is 19.7. The molecule has 1 heterocycles. The molecule has 7 nitrogen and oxygen atoms in total. The Bertz CT molecular complexity index is 1080. The van der Waals surface area contributed by atoms with E-state index in [-0.39, 0.29) is 0 Å². The average molecular weight is 389 g/mol. The van der Waals surface area contributed by atoms with E-state index in [0.717, 1.165) is 11.1 Å². The Labute approximate surface area is 167 Å². The standard InChI is InChI=1S/C22H19N3O4/c1-15(17-6-4-3-5-7-17)29-22(28)24-21-19(14-23-25(21)2)18-11-8-16(9-12-18)10-13-20(26)27/h3-9,11-12,14-15H,1-2H3,(H,24,28)(H,26,27)/t15-/m1/s1. The summed E-state index contributed by atoms with van der Waals surface area (Å²) in [5.74, 6) is 3.92. The molecule has 3 aromatic rings. The number of carbonyl (C=O) groups is 2. The zero-order valence-corrected chi connectivity index (χ0v) is 15.9. The smallest absolute Gasteiger partial charge is 0.413 e. The first-order valence-corrected chi connectivity index (χ1v) is 8.84. The lowest BCUT2D eigenvalue weighted by molar-refractivity contribution is -0.130. The molecule has 0 spiro atoms. The number of carbonyl (C=O) groups excluding carboxylic acids is 1. The molecule has 1 atom stereocenters. The Hall–Kier alpha value is -4.05. The van der Waals surface area contributed by atoms with Gasteiger partial charge in [-0.1, -0.05) is 48.4 Å². The van der Waals surface area contributed by atoms with Gasteiger partial charge in [0, 0.05) is 24.1 Å². The van der Waals surface area contributed by atoms with Gasteiger partial charge in [-0.15, -0.1) is 0 Å². The van der Waals surface area contributed by atoms with E-state index in [4.69, 9.17) is 9.84 Å². The van der Waals surface area contributed by atoms with E-state index in [1.807, 2.05) is 30.3 Å². The number of anilines is 1. The predicted molar refractivity (Wildman–Crippen MR) is 108 cm³/mol. The molecule has 0 aliphatic carbocycles. The van der Waals surface area contributed by atoms with Crippen molar-refractivity contribution in [2.75, 3.05) is 5.32 Å². The van der Waals surface area contributed by atoms with Crippen LogP contribution in [0.2, 0.25) is 0 Å². The van der Waals surface area contributed by atoms with Crippen molar-refractivity contribution < 1.29 is 19.4 Å². The second-order valence-electron chi connectivity index (χ2n) is 6.25. The summed E-state index contributed by atoms with van der Waals surface area (Å²) in [4.78, 5) is 22.9. The number of aliphatic carboxylic acids is 1. The van der Waals surface area contributed by atoms with Gasteiger partial charge in [0.2, 0.25) is 0 Å². The highest BCUT2D eigenvalue weighted by Crippen LogP contribution is 2.28. The van der Waals surface area contributed by atoms with Gasteiger partial charge >= 0.3 is 12.1 Å². The van der Waals surface area contributed by atoms with E-state index in [1.54, 1.807) is 49.1 Å². The minimum Gasteiger partial charge on any atom is -0.472 e. The third-order valence-corrected chi connectivity index (χ3v) is 4.22. The molecule has 0 bridgehead atoms. The van der Waals surface area contributed by atoms with Gasteiger partial charge < -0.3 is 9.84 Å². The van der Waals surface area contributed by atoms with Gasteiger partial charge in [-0.05, 0) is 30.2 Å². The number of nitrogens with zero attached hydrogens (tertiary/aromatic N) is 2. The van der Waals surface area contributed by atoms with Gasteiger partial charge in [-0.25, -0.2) is 9.59 Å². The molecule has 7 heteroatoms. The van der Waals surface area contributed by atoms with Crippen LogP contribution in [0, 0.1) is 11.8 Å². The fourth-order valence-corrected chi connectivity index (χ4v) is 2.73. The number of carboxylic acid groups (broad SMARTS) is 1. The molecule has 2 N–H and O–H groups in total. The second kappa shape index (κ2) is 8.76. The average Bonchev–Trinajstić information content (AvgIpc) is 3.07. The molecule has 0 fully saturated rings. The monoisotopic (exact) mass is 389 g/mol. The van der Waals surface area contributed by atoms with Gasteiger partial charge in [0.25, 0.3) is 0 Å². The van der Waals surface area contributed by atoms with E-state index >= 15 is 0 Å². The van der Waals surface area contributed by atoms with Crippen LogP contribution in [-0.4, -0.2) is 26.9 Å². The highest BCUT2D eigenvalue weighted by Gasteiger charge is 2.17. The SMILES string of the molecule is C[C@@H](OC(=O)Nc1c(-c2ccc(C#CC(=O)O)cc2)cnn1C)c1ccccc1. The van der Waals surface area contributed by atoms with Crippen LogP contribution >= 0.6 is 0 Å². The summed E-state index contributed by atoms with van der Waals surface area (Å²) < 4.78 is 7.01. The van der Waals surface area contributed by atoms with Crippen LogP contribution in [0.5, 0.6) is 0 Å². The molecule has 0 radical (unpaired) electrons. The summed E-state index contributed by atoms with van der Waals surface area (Å²) in [7, 11) is 1.71. The lowest BCUT2D eigenvalue weighted by atomic mass is 10.1. The third kappa shape index (κ3) is 5.02. The molecule has 2 aromatic carbocycles. The van der Waals surface area contributed by atoms with Gasteiger partial charge in [0.15, 0.2) is 0 Å². The summed E-state index contributed by atoms with van der Waals surface area (Å²) in [6.45, 7) is 1.80. The van der Waals surface area contributed by atoms with E-state index < -0.39 is 18.2 Å². The summed E-state index contributed by atoms with van der Waals surface area (Å²) in [5, 5.41) is 15.6. The predicted octanol–water partition coefficient (Wildman–Crippen LogP) is 3.83. The van der Waals surface area contributed by atoms with Gasteiger partial charge in [-0.3, -0.25) is 10.00 Å². The lowest BCUT2D eigenvalue weighted by Gasteiger charge is -2.15. The molecular formula is C22H19N3O4. The molecule has 29 heavy (non-hydrogen) atoms. The van der Waals surface area contributed by atoms with Crippen LogP contribution in [0.25, 0.3) is 11.1 Å². The number of hydrogen-bond acceptors (Lipinski definition) is 4. The van der Waals surface area contributed by atoms with Crippen molar-refractivity contribution in [1.82, 2.24) is 9.78 Å². The lowest BCUT2D eigenvalue weighted by Crippen LogP contribution is -2.18. The Morgan fingerprint density at radius 3 is 2.48 bits per heavy atom. The summed E-state index contributed by atoms with van der Waals surface area (Å²) in [6.07, 6.45) is 0.642. The molecule has 0 aliphatic rings. The molecular weight excluding hydrogens is 370 g/mol. The quantitative estimate of drug-likeness (QED) is 0.662. The number of aromatic nitrogens is 2. The molecule has 1 amide bonds. The highest BCUT2D eigenvalue weighted by atomic mass is 16.6. The molecule has 3 rings (SSSR count). The van der Waals surface area contributed by atoms with Crippen LogP contribution < -0.4 is 5.32 Å². The van der Waals surface area contributed by atoms with Crippen LogP contribution in [-0.2, 0) is 16.6 Å². The van der Waals surface area contributed by atoms with Crippen LogP contribution in [0.15, 0.2) is 60.8 Å². The molecule has 1 aromatic heterocycles. The number of carboxylic acids is 1. The highest BCUT2D eigenvalue weighted by molar-refractivity contribution is 5.90. The van der Waals surface area contributed by atoms with Crippen molar-refractivity contribution >= 4 is 17.9 Å². The fraction of sp³-hybridized carbons (Fsp3) is 0.136. The number of rotatable bonds is 4. The molecule has 146 valence electrons. The van der Waals surface area contributed by atoms with E-state index in [0.29, 0.717) is 16.9 Å². The van der Waals surface area contributed by atoms with E-state index in [2.05, 4.69) is 22.3 Å². The fourth-order valence-electron chi connectivity index (χ4n) is 2.73. The zero-order valence-electron chi connectivity index (χ0n) is 15.9. The van der Waals surface area contributed by atoms with Crippen LogP contribution in [0.4, 0.5) is 10.6 Å². The molecule has 0 unspecified atom stereocenters. The van der Waals surface area contributed by atoms with Crippen LogP contribution in [0.3, 0.4) is 0 Å². The Morgan fingerprint density at radius 2 is 1.83 bits per heavy atom. The maximum atomic E-state index is 12.4. The molecule has 0 aliphatic heterocycles. The maximum absolute atomic E-state index is 12.4. The second-order valence-corrected chi connectivity index (χ2v) is 6.25. The van der Waals surface area contributed by atoms with Gasteiger partial charge in [0.05, 0.1) is 6.20 Å². The summed E-state index contributed by atoms with van der Waals surface area (Å²) in [5.41, 5.74) is 2.97. The van der Waals surface area contributed by atoms with Crippen LogP contribution in [0.1, 0.15) is 24.2 Å². The minimum atomic E-state index is -1.18. The minimum absolute atomic E-state index is 0.403. The van der Waals surface area contributed by atoms with Crippen molar-refractivity contribution in [3.8, 4) is 23.0 Å². The van der Waals surface area contributed by atoms with E-state index in [9.17, 15) is 9.59 Å². The maximum Gasteiger partial charge on any atom is 0.413 e. The Kier molecular flexibility index (Phi) is 5.95. The molecule has 0 saturated carbocycles. The number of aryl methyl sites for hydroxylation is 1. The number of amides is 1. The topological polar surface area (TPSA) is 93.4 Å². The van der Waals surface area contributed by atoms with E-state index in [1.165, 1.54) is 0 Å². The summed E-state index contributed by atoms with van der Waals surface area (Å²) in [6, 6.07) is 16.4. The first-order valence-electron chi connectivity index (χ1n) is 8.84. The van der Waals surface area contributed by atoms with Gasteiger partial charge in [-0.2, -0.15) is 5.10 Å². The summed E-state index contributed by atoms with van der Waals surface area (Å²) >= 11 is 0.